The summed E-state index contributed by atoms with van der Waals surface area (Å²) >= 11 is 0. The molecule has 0 aliphatic carbocycles. The van der Waals surface area contributed by atoms with Gasteiger partial charge < -0.3 is 9.97 Å². The first-order valence-corrected chi connectivity index (χ1v) is 8.88. The molecule has 4 heteroatoms. The molecule has 5 rings (SSSR count). The molecule has 0 saturated carbocycles. The van der Waals surface area contributed by atoms with Gasteiger partial charge in [0.15, 0.2) is 12.4 Å². The van der Waals surface area contributed by atoms with Gasteiger partial charge in [0.05, 0.1) is 0 Å². The molecule has 0 aliphatic heterocycles. The second-order valence-corrected chi connectivity index (χ2v) is 6.81. The van der Waals surface area contributed by atoms with Crippen LogP contribution in [0.1, 0.15) is 22.6 Å². The lowest BCUT2D eigenvalue weighted by Crippen LogP contribution is -2.26. The summed E-state index contributed by atoms with van der Waals surface area (Å²) in [5, 5.41) is 2.55. The van der Waals surface area contributed by atoms with Gasteiger partial charge in [-0.25, -0.2) is 4.57 Å². The molecule has 2 N–H and O–H groups in total. The zero-order valence-electron chi connectivity index (χ0n) is 15.0. The van der Waals surface area contributed by atoms with Crippen LogP contribution in [0.3, 0.4) is 0 Å². The number of hydrogen-bond donors (Lipinski definition) is 2. The molecule has 5 aromatic rings. The highest BCUT2D eigenvalue weighted by molar-refractivity contribution is 14.0. The minimum Gasteiger partial charge on any atom is -0.361 e. The fourth-order valence-corrected chi connectivity index (χ4v) is 3.90. The lowest BCUT2D eigenvalue weighted by atomic mass is 9.85. The Kier molecular flexibility index (Phi) is 4.74. The van der Waals surface area contributed by atoms with E-state index < -0.39 is 0 Å². The minimum atomic E-state index is 0. The number of aromatic amines is 2. The Balaban J connectivity index is 0.00000180. The molecule has 3 heterocycles. The van der Waals surface area contributed by atoms with Gasteiger partial charge in [-0.15, -0.1) is 24.0 Å². The quantitative estimate of drug-likeness (QED) is 0.269. The van der Waals surface area contributed by atoms with Crippen molar-refractivity contribution in [2.24, 2.45) is 7.05 Å². The van der Waals surface area contributed by atoms with Crippen LogP contribution in [-0.4, -0.2) is 9.97 Å². The molecule has 27 heavy (non-hydrogen) atoms. The van der Waals surface area contributed by atoms with E-state index in [9.17, 15) is 0 Å². The Labute approximate surface area is 175 Å². The Morgan fingerprint density at radius 2 is 1.19 bits per heavy atom. The molecule has 0 unspecified atom stereocenters. The normalized spacial score (nSPS) is 11.2. The summed E-state index contributed by atoms with van der Waals surface area (Å²) < 4.78 is 2.07. The van der Waals surface area contributed by atoms with E-state index in [2.05, 4.69) is 107 Å². The fraction of sp³-hybridized carbons (Fsp3) is 0.0870. The highest BCUT2D eigenvalue weighted by Gasteiger charge is 2.23. The Hall–Kier alpha value is -2.60. The molecule has 0 saturated heterocycles. The van der Waals surface area contributed by atoms with Crippen molar-refractivity contribution in [1.29, 1.82) is 0 Å². The van der Waals surface area contributed by atoms with Gasteiger partial charge in [-0.05, 0) is 28.8 Å². The molecule has 0 bridgehead atoms. The van der Waals surface area contributed by atoms with Crippen molar-refractivity contribution in [2.75, 3.05) is 0 Å². The van der Waals surface area contributed by atoms with Crippen LogP contribution >= 0.6 is 24.0 Å². The number of hydrogen-bond acceptors (Lipinski definition) is 0. The zero-order chi connectivity index (χ0) is 17.5. The number of benzene rings is 2. The largest absolute Gasteiger partial charge is 0.361 e. The number of nitrogens with one attached hydrogen (secondary N) is 2. The number of fused-ring (bicyclic) bond motifs is 2. The van der Waals surface area contributed by atoms with Crippen molar-refractivity contribution < 1.29 is 4.57 Å². The van der Waals surface area contributed by atoms with E-state index >= 15 is 0 Å². The average molecular weight is 466 g/mol. The third kappa shape index (κ3) is 3.04. The Morgan fingerprint density at radius 1 is 0.704 bits per heavy atom. The molecule has 0 radical (unpaired) electrons. The van der Waals surface area contributed by atoms with Gasteiger partial charge in [0, 0.05) is 52.3 Å². The zero-order valence-corrected chi connectivity index (χ0v) is 17.3. The minimum absolute atomic E-state index is 0. The predicted octanol–water partition coefficient (Wildman–Crippen LogP) is 5.27. The number of rotatable bonds is 3. The van der Waals surface area contributed by atoms with Crippen LogP contribution in [0.4, 0.5) is 0 Å². The predicted molar refractivity (Wildman–Crippen MR) is 121 cm³/mol. The lowest BCUT2D eigenvalue weighted by molar-refractivity contribution is -0.671. The van der Waals surface area contributed by atoms with Crippen molar-refractivity contribution in [3.63, 3.8) is 0 Å². The van der Waals surface area contributed by atoms with Gasteiger partial charge >= 0.3 is 0 Å². The fourth-order valence-electron chi connectivity index (χ4n) is 3.90. The maximum atomic E-state index is 3.44. The molecule has 2 aromatic carbocycles. The summed E-state index contributed by atoms with van der Waals surface area (Å²) in [7, 11) is 2.05. The molecule has 0 atom stereocenters. The summed E-state index contributed by atoms with van der Waals surface area (Å²) in [4.78, 5) is 6.89. The molecule has 0 amide bonds. The molecule has 0 aliphatic rings. The van der Waals surface area contributed by atoms with Crippen molar-refractivity contribution in [2.45, 2.75) is 5.92 Å². The van der Waals surface area contributed by atoms with E-state index in [1.165, 1.54) is 38.5 Å². The smallest absolute Gasteiger partial charge is 0.168 e. The monoisotopic (exact) mass is 466 g/mol. The highest BCUT2D eigenvalue weighted by Crippen LogP contribution is 2.38. The second-order valence-electron chi connectivity index (χ2n) is 6.81. The summed E-state index contributed by atoms with van der Waals surface area (Å²) in [6.45, 7) is 0. The Bertz CT molecular complexity index is 1130. The first-order valence-electron chi connectivity index (χ1n) is 8.88. The van der Waals surface area contributed by atoms with Gasteiger partial charge in [-0.2, -0.15) is 0 Å². The third-order valence-electron chi connectivity index (χ3n) is 5.20. The van der Waals surface area contributed by atoms with Crippen LogP contribution in [0, 0.1) is 0 Å². The summed E-state index contributed by atoms with van der Waals surface area (Å²) in [6, 6.07) is 21.5. The topological polar surface area (TPSA) is 35.5 Å². The number of nitrogens with zero attached hydrogens (tertiary/aromatic N) is 1. The van der Waals surface area contributed by atoms with E-state index in [0.29, 0.717) is 0 Å². The maximum Gasteiger partial charge on any atom is 0.168 e. The van der Waals surface area contributed by atoms with Crippen molar-refractivity contribution in [1.82, 2.24) is 9.97 Å². The van der Waals surface area contributed by atoms with E-state index in [-0.39, 0.29) is 29.9 Å². The van der Waals surface area contributed by atoms with Gasteiger partial charge in [-0.3, -0.25) is 0 Å². The van der Waals surface area contributed by atoms with Crippen LogP contribution in [-0.2, 0) is 7.05 Å². The van der Waals surface area contributed by atoms with Gasteiger partial charge in [0.2, 0.25) is 0 Å². The number of halogens is 1. The number of H-pyrrole nitrogens is 2. The number of para-hydroxylation sites is 2. The first-order chi connectivity index (χ1) is 12.8. The molecule has 134 valence electrons. The molecular formula is C23H21IN3+. The molecule has 3 aromatic heterocycles. The van der Waals surface area contributed by atoms with Crippen LogP contribution in [0.25, 0.3) is 21.8 Å². The van der Waals surface area contributed by atoms with Gasteiger partial charge in [0.1, 0.15) is 7.05 Å². The SMILES string of the molecule is C[n+]1ccc(C(c2c[nH]c3ccccc23)c2c[nH]c3ccccc23)cc1.I. The third-order valence-corrected chi connectivity index (χ3v) is 5.20. The molecule has 0 spiro atoms. The summed E-state index contributed by atoms with van der Waals surface area (Å²) in [5.41, 5.74) is 6.25. The first kappa shape index (κ1) is 17.8. The van der Waals surface area contributed by atoms with E-state index in [1.54, 1.807) is 0 Å². The standard InChI is InChI=1S/C23H20N3.HI/c1-26-12-10-16(11-13-26)23(19-14-24-21-8-4-2-6-17(19)21)20-15-25-22-9-5-3-7-18(20)22;/h2-15,23-25H,1H3;1H/q+1;. The lowest BCUT2D eigenvalue weighted by Gasteiger charge is -2.16. The molecule has 3 nitrogen and oxygen atoms in total. The maximum absolute atomic E-state index is 3.44. The van der Waals surface area contributed by atoms with E-state index in [4.69, 9.17) is 0 Å². The number of pyridine rings is 1. The van der Waals surface area contributed by atoms with Crippen LogP contribution in [0.2, 0.25) is 0 Å². The summed E-state index contributed by atoms with van der Waals surface area (Å²) in [5.74, 6) is 0.170. The van der Waals surface area contributed by atoms with Crippen LogP contribution in [0.15, 0.2) is 85.5 Å². The Morgan fingerprint density at radius 3 is 1.70 bits per heavy atom. The molecule has 0 fully saturated rings. The van der Waals surface area contributed by atoms with E-state index in [1.807, 2.05) is 0 Å². The van der Waals surface area contributed by atoms with Crippen molar-refractivity contribution >= 4 is 45.8 Å². The highest BCUT2D eigenvalue weighted by atomic mass is 127. The summed E-state index contributed by atoms with van der Waals surface area (Å²) in [6.07, 6.45) is 8.55. The number of aryl methyl sites for hydroxylation is 1. The second kappa shape index (κ2) is 7.19. The van der Waals surface area contributed by atoms with Crippen LogP contribution < -0.4 is 4.57 Å². The van der Waals surface area contributed by atoms with Gasteiger partial charge in [0.25, 0.3) is 0 Å². The van der Waals surface area contributed by atoms with Crippen molar-refractivity contribution in [3.8, 4) is 0 Å². The number of aromatic nitrogens is 3. The molecular weight excluding hydrogens is 445 g/mol. The van der Waals surface area contributed by atoms with Crippen molar-refractivity contribution in [3.05, 3.63) is 102 Å². The van der Waals surface area contributed by atoms with Crippen LogP contribution in [0.5, 0.6) is 0 Å². The van der Waals surface area contributed by atoms with E-state index in [0.717, 1.165) is 0 Å². The van der Waals surface area contributed by atoms with Gasteiger partial charge in [-0.1, -0.05) is 36.4 Å². The average Bonchev–Trinajstić information content (AvgIpc) is 3.29.